The Bertz CT molecular complexity index is 1850. The Labute approximate surface area is 414 Å². The van der Waals surface area contributed by atoms with E-state index in [0.717, 1.165) is 12.0 Å². The third-order valence-corrected chi connectivity index (χ3v) is 12.3. The molecule has 1 aromatic rings. The fraction of sp³-hybridized carbons (Fsp3) is 0.700. The van der Waals surface area contributed by atoms with Gasteiger partial charge in [-0.1, -0.05) is 91.6 Å². The van der Waals surface area contributed by atoms with Gasteiger partial charge < -0.3 is 59.7 Å². The quantitative estimate of drug-likeness (QED) is 0.0802. The first-order chi connectivity index (χ1) is 33.3. The summed E-state index contributed by atoms with van der Waals surface area (Å²) in [5.41, 5.74) is 18.5. The molecule has 0 aliphatic carbocycles. The molecule has 0 radical (unpaired) electrons. The van der Waals surface area contributed by atoms with Crippen molar-refractivity contribution in [3.63, 3.8) is 0 Å². The first-order valence-electron chi connectivity index (χ1n) is 25.3. The molecule has 1 aliphatic heterocycles. The fourth-order valence-corrected chi connectivity index (χ4v) is 8.08. The van der Waals surface area contributed by atoms with Crippen LogP contribution in [0.5, 0.6) is 0 Å². The average Bonchev–Trinajstić information content (AvgIpc) is 3.31. The van der Waals surface area contributed by atoms with Gasteiger partial charge in [0, 0.05) is 25.3 Å². The Kier molecular flexibility index (Phi) is 28.1. The van der Waals surface area contributed by atoms with Crippen molar-refractivity contribution in [1.29, 1.82) is 0 Å². The number of carbonyl (C=O) groups is 9. The maximum absolute atomic E-state index is 14.4. The van der Waals surface area contributed by atoms with Gasteiger partial charge in [-0.05, 0) is 101 Å². The van der Waals surface area contributed by atoms with E-state index in [1.54, 1.807) is 24.3 Å². The molecule has 1 saturated heterocycles. The summed E-state index contributed by atoms with van der Waals surface area (Å²) in [6.07, 6.45) is 2.22. The highest BCUT2D eigenvalue weighted by Crippen LogP contribution is 2.19. The molecule has 70 heavy (non-hydrogen) atoms. The highest BCUT2D eigenvalue weighted by atomic mass is 16.2. The van der Waals surface area contributed by atoms with E-state index in [4.69, 9.17) is 17.2 Å². The van der Waals surface area contributed by atoms with Crippen LogP contribution in [0.4, 0.5) is 0 Å². The Morgan fingerprint density at radius 3 is 1.71 bits per heavy atom. The van der Waals surface area contributed by atoms with E-state index in [1.807, 2.05) is 54.5 Å². The van der Waals surface area contributed by atoms with Crippen molar-refractivity contribution in [3.05, 3.63) is 35.9 Å². The number of hydrogen-bond donors (Lipinski definition) is 11. The van der Waals surface area contributed by atoms with Crippen molar-refractivity contribution in [2.75, 3.05) is 26.2 Å². The number of amides is 8. The van der Waals surface area contributed by atoms with Gasteiger partial charge in [0.15, 0.2) is 5.78 Å². The van der Waals surface area contributed by atoms with E-state index in [-0.39, 0.29) is 114 Å². The molecule has 8 amide bonds. The number of hydrogen-bond acceptors (Lipinski definition) is 12. The average molecular weight is 984 g/mol. The lowest BCUT2D eigenvalue weighted by Crippen LogP contribution is -2.59. The second kappa shape index (κ2) is 32.4. The van der Waals surface area contributed by atoms with Crippen LogP contribution in [0.15, 0.2) is 30.3 Å². The van der Waals surface area contributed by atoms with Crippen molar-refractivity contribution in [1.82, 2.24) is 42.5 Å². The summed E-state index contributed by atoms with van der Waals surface area (Å²) in [5.74, 6) is -6.56. The summed E-state index contributed by atoms with van der Waals surface area (Å²) in [7, 11) is 0. The van der Waals surface area contributed by atoms with Crippen molar-refractivity contribution >= 4 is 53.0 Å². The summed E-state index contributed by atoms with van der Waals surface area (Å²) in [6, 6.07) is 0.730. The summed E-state index contributed by atoms with van der Waals surface area (Å²) in [4.78, 5) is 126. The summed E-state index contributed by atoms with van der Waals surface area (Å²) >= 11 is 0. The van der Waals surface area contributed by atoms with Crippen molar-refractivity contribution in [2.45, 2.75) is 174 Å². The second-order valence-electron chi connectivity index (χ2n) is 19.5. The molecule has 1 heterocycles. The molecule has 1 unspecified atom stereocenters. The van der Waals surface area contributed by atoms with Crippen molar-refractivity contribution < 1.29 is 43.2 Å². The molecule has 20 heteroatoms. The SMILES string of the molecule is CCC[C@@H]1NC(=O)[C@H](CCN)NC(=O)[C@@H](Cc2ccccc2)CC(=O)[C@H](CC(C)C)NC(=O)[C@H](CCN)NC(=O)[C@@H](NC(=O)[C@@H](CCN)NC(=O)CCC(C)CC)CCNC(=O)[C@H](CC(C)C)NC1=O. The number of nitrogens with one attached hydrogen (secondary N) is 8. The maximum atomic E-state index is 14.4. The van der Waals surface area contributed by atoms with Gasteiger partial charge in [-0.2, -0.15) is 0 Å². The van der Waals surface area contributed by atoms with Gasteiger partial charge in [0.2, 0.25) is 47.3 Å². The van der Waals surface area contributed by atoms with Crippen LogP contribution in [-0.2, 0) is 49.6 Å². The van der Waals surface area contributed by atoms with Crippen LogP contribution in [-0.4, -0.2) is 122 Å². The molecule has 0 spiro atoms. The summed E-state index contributed by atoms with van der Waals surface area (Å²) in [6.45, 7) is 13.1. The molecular formula is C50H85N11O9. The lowest BCUT2D eigenvalue weighted by atomic mass is 9.88. The molecule has 0 saturated carbocycles. The number of rotatable bonds is 21. The van der Waals surface area contributed by atoms with Gasteiger partial charge in [-0.25, -0.2) is 0 Å². The van der Waals surface area contributed by atoms with E-state index >= 15 is 0 Å². The van der Waals surface area contributed by atoms with Gasteiger partial charge in [0.25, 0.3) is 0 Å². The van der Waals surface area contributed by atoms with E-state index in [2.05, 4.69) is 42.5 Å². The minimum atomic E-state index is -1.38. The fourth-order valence-electron chi connectivity index (χ4n) is 8.08. The molecule has 20 nitrogen and oxygen atoms in total. The zero-order chi connectivity index (χ0) is 52.3. The lowest BCUT2D eigenvalue weighted by molar-refractivity contribution is -0.136. The van der Waals surface area contributed by atoms with Gasteiger partial charge in [-0.3, -0.25) is 43.2 Å². The summed E-state index contributed by atoms with van der Waals surface area (Å²) in [5, 5.41) is 22.0. The van der Waals surface area contributed by atoms with Crippen LogP contribution in [0, 0.1) is 23.7 Å². The maximum Gasteiger partial charge on any atom is 0.243 e. The number of ketones is 1. The molecule has 1 aromatic carbocycles. The predicted octanol–water partition coefficient (Wildman–Crippen LogP) is 0.483. The number of benzene rings is 1. The minimum absolute atomic E-state index is 0.00117. The van der Waals surface area contributed by atoms with Crippen LogP contribution in [0.25, 0.3) is 0 Å². The van der Waals surface area contributed by atoms with Crippen LogP contribution in [0.1, 0.15) is 131 Å². The Morgan fingerprint density at radius 1 is 0.643 bits per heavy atom. The summed E-state index contributed by atoms with van der Waals surface area (Å²) < 4.78 is 0. The molecule has 394 valence electrons. The number of nitrogens with two attached hydrogens (primary N) is 3. The number of carbonyl (C=O) groups excluding carboxylic acids is 9. The zero-order valence-corrected chi connectivity index (χ0v) is 42.7. The van der Waals surface area contributed by atoms with Crippen LogP contribution in [0.3, 0.4) is 0 Å². The van der Waals surface area contributed by atoms with Crippen LogP contribution < -0.4 is 59.7 Å². The third kappa shape index (κ3) is 22.1. The predicted molar refractivity (Wildman–Crippen MR) is 268 cm³/mol. The standard InChI is InChI=1S/C50H85N11O9/c1-8-13-35-46(66)61-41(27-31(5)6)45(65)54-25-21-39(59-47(67)36(18-22-51)55-43(63)17-16-32(7)9-2)50(70)58-38(20-24-53)49(69)60-40(26-30(3)4)42(62)29-34(28-33-14-11-10-12-15-33)44(64)56-37(19-23-52)48(68)57-35/h10-12,14-15,30-32,34-41H,8-9,13,16-29,51-53H2,1-7H3,(H,54,65)(H,55,63)(H,56,64)(H,57,68)(H,58,70)(H,59,67)(H,60,69)(H,61,66)/t32?,34-,35-,36+,37-,38-,39-,40-,41-/m0/s1. The van der Waals surface area contributed by atoms with E-state index < -0.39 is 95.3 Å². The molecule has 0 aromatic heterocycles. The van der Waals surface area contributed by atoms with E-state index in [1.165, 1.54) is 0 Å². The third-order valence-electron chi connectivity index (χ3n) is 12.3. The molecule has 9 atom stereocenters. The van der Waals surface area contributed by atoms with Crippen molar-refractivity contribution in [2.24, 2.45) is 40.9 Å². The monoisotopic (exact) mass is 984 g/mol. The molecule has 1 fully saturated rings. The largest absolute Gasteiger partial charge is 0.354 e. The van der Waals surface area contributed by atoms with Gasteiger partial charge in [0.1, 0.15) is 36.3 Å². The first kappa shape index (κ1) is 60.7. The Balaban J connectivity index is 2.72. The van der Waals surface area contributed by atoms with Gasteiger partial charge in [-0.15, -0.1) is 0 Å². The first-order valence-corrected chi connectivity index (χ1v) is 25.3. The minimum Gasteiger partial charge on any atom is -0.354 e. The van der Waals surface area contributed by atoms with Gasteiger partial charge in [0.05, 0.1) is 6.04 Å². The second-order valence-corrected chi connectivity index (χ2v) is 19.5. The number of Topliss-reactive ketones (excluding diaryl/α,β-unsaturated/α-hetero) is 1. The van der Waals surface area contributed by atoms with E-state index in [0.29, 0.717) is 12.8 Å². The normalized spacial score (nSPS) is 23.8. The highest BCUT2D eigenvalue weighted by Gasteiger charge is 2.35. The van der Waals surface area contributed by atoms with Crippen LogP contribution in [0.2, 0.25) is 0 Å². The molecule has 2 rings (SSSR count). The highest BCUT2D eigenvalue weighted by molar-refractivity contribution is 5.98. The van der Waals surface area contributed by atoms with Gasteiger partial charge >= 0.3 is 0 Å². The molecule has 14 N–H and O–H groups in total. The zero-order valence-electron chi connectivity index (χ0n) is 42.7. The molecule has 0 bridgehead atoms. The van der Waals surface area contributed by atoms with E-state index in [9.17, 15) is 43.2 Å². The van der Waals surface area contributed by atoms with Crippen LogP contribution >= 0.6 is 0 Å². The smallest absolute Gasteiger partial charge is 0.243 e. The lowest BCUT2D eigenvalue weighted by Gasteiger charge is -2.28. The molecule has 1 aliphatic rings. The van der Waals surface area contributed by atoms with Crippen molar-refractivity contribution in [3.8, 4) is 0 Å². The topological polar surface area (TPSA) is 328 Å². The Hall–Kier alpha value is -5.47. The molecular weight excluding hydrogens is 899 g/mol. The Morgan fingerprint density at radius 2 is 1.17 bits per heavy atom.